The van der Waals surface area contributed by atoms with E-state index in [2.05, 4.69) is 10.0 Å². The standard InChI is InChI=1S/C11H20N2O2S2/c1-9(2)12-7-10(3)17(14,15)13-8-11-5-4-6-16-11/h4-6,9-10,12-13H,7-8H2,1-3H3. The van der Waals surface area contributed by atoms with Crippen LogP contribution >= 0.6 is 11.3 Å². The molecule has 0 amide bonds. The summed E-state index contributed by atoms with van der Waals surface area (Å²) in [6, 6.07) is 4.13. The molecule has 0 bridgehead atoms. The van der Waals surface area contributed by atoms with Crippen molar-refractivity contribution in [3.05, 3.63) is 22.4 Å². The van der Waals surface area contributed by atoms with Crippen LogP contribution in [-0.4, -0.2) is 26.3 Å². The van der Waals surface area contributed by atoms with E-state index in [0.29, 0.717) is 19.1 Å². The number of hydrogen-bond acceptors (Lipinski definition) is 4. The van der Waals surface area contributed by atoms with Gasteiger partial charge in [0.1, 0.15) is 0 Å². The number of thiophene rings is 1. The van der Waals surface area contributed by atoms with E-state index in [1.54, 1.807) is 18.3 Å². The van der Waals surface area contributed by atoms with Crippen LogP contribution in [0.1, 0.15) is 25.6 Å². The predicted molar refractivity (Wildman–Crippen MR) is 72.7 cm³/mol. The SMILES string of the molecule is CC(C)NCC(C)S(=O)(=O)NCc1cccs1. The first-order valence-corrected chi connectivity index (χ1v) is 8.08. The van der Waals surface area contributed by atoms with Gasteiger partial charge in [0.05, 0.1) is 5.25 Å². The molecule has 1 aromatic heterocycles. The average Bonchev–Trinajstić information content (AvgIpc) is 2.75. The molecule has 1 aromatic rings. The van der Waals surface area contributed by atoms with Crippen molar-refractivity contribution in [1.29, 1.82) is 0 Å². The molecule has 0 fully saturated rings. The van der Waals surface area contributed by atoms with E-state index in [4.69, 9.17) is 0 Å². The molecule has 0 spiro atoms. The number of nitrogens with one attached hydrogen (secondary N) is 2. The number of rotatable bonds is 7. The maximum Gasteiger partial charge on any atom is 0.215 e. The topological polar surface area (TPSA) is 58.2 Å². The zero-order valence-corrected chi connectivity index (χ0v) is 12.1. The Bertz CT molecular complexity index is 413. The zero-order valence-electron chi connectivity index (χ0n) is 10.4. The molecule has 4 nitrogen and oxygen atoms in total. The highest BCUT2D eigenvalue weighted by Gasteiger charge is 2.20. The molecule has 1 unspecified atom stereocenters. The molecule has 0 aliphatic heterocycles. The summed E-state index contributed by atoms with van der Waals surface area (Å²) in [6.07, 6.45) is 0. The molecule has 6 heteroatoms. The maximum atomic E-state index is 11.9. The molecule has 1 heterocycles. The zero-order chi connectivity index (χ0) is 12.9. The molecule has 0 aliphatic carbocycles. The summed E-state index contributed by atoms with van der Waals surface area (Å²) in [7, 11) is -3.24. The Morgan fingerprint density at radius 1 is 1.35 bits per heavy atom. The van der Waals surface area contributed by atoms with Crippen LogP contribution in [0.25, 0.3) is 0 Å². The third-order valence-electron chi connectivity index (χ3n) is 2.37. The lowest BCUT2D eigenvalue weighted by Gasteiger charge is -2.16. The molecular formula is C11H20N2O2S2. The van der Waals surface area contributed by atoms with Gasteiger partial charge in [0.25, 0.3) is 0 Å². The van der Waals surface area contributed by atoms with Crippen LogP contribution in [0, 0.1) is 0 Å². The fourth-order valence-electron chi connectivity index (χ4n) is 1.24. The first-order valence-electron chi connectivity index (χ1n) is 5.66. The lowest BCUT2D eigenvalue weighted by Crippen LogP contribution is -2.40. The van der Waals surface area contributed by atoms with Gasteiger partial charge in [0.15, 0.2) is 0 Å². The van der Waals surface area contributed by atoms with Crippen LogP contribution in [0.15, 0.2) is 17.5 Å². The normalized spacial score (nSPS) is 14.1. The van der Waals surface area contributed by atoms with E-state index in [0.717, 1.165) is 4.88 Å². The van der Waals surface area contributed by atoms with Crippen molar-refractivity contribution < 1.29 is 8.42 Å². The van der Waals surface area contributed by atoms with Gasteiger partial charge in [-0.05, 0) is 18.4 Å². The van der Waals surface area contributed by atoms with Crippen molar-refractivity contribution >= 4 is 21.4 Å². The molecule has 1 rings (SSSR count). The lowest BCUT2D eigenvalue weighted by molar-refractivity contribution is 0.541. The van der Waals surface area contributed by atoms with E-state index in [1.807, 2.05) is 31.4 Å². The second kappa shape index (κ2) is 6.49. The van der Waals surface area contributed by atoms with Gasteiger partial charge < -0.3 is 5.32 Å². The molecule has 0 radical (unpaired) electrons. The van der Waals surface area contributed by atoms with Gasteiger partial charge in [-0.25, -0.2) is 13.1 Å². The van der Waals surface area contributed by atoms with E-state index in [9.17, 15) is 8.42 Å². The molecule has 17 heavy (non-hydrogen) atoms. The number of hydrogen-bond donors (Lipinski definition) is 2. The monoisotopic (exact) mass is 276 g/mol. The Labute approximate surface area is 107 Å². The van der Waals surface area contributed by atoms with Crippen LogP contribution in [0.4, 0.5) is 0 Å². The smallest absolute Gasteiger partial charge is 0.215 e. The quantitative estimate of drug-likeness (QED) is 0.794. The Hall–Kier alpha value is -0.430. The van der Waals surface area contributed by atoms with Gasteiger partial charge in [-0.15, -0.1) is 11.3 Å². The lowest BCUT2D eigenvalue weighted by atomic mass is 10.3. The molecule has 0 aromatic carbocycles. The summed E-state index contributed by atoms with van der Waals surface area (Å²) in [4.78, 5) is 1.03. The fourth-order valence-corrected chi connectivity index (χ4v) is 2.93. The largest absolute Gasteiger partial charge is 0.313 e. The molecule has 0 saturated carbocycles. The first kappa shape index (κ1) is 14.6. The number of sulfonamides is 1. The van der Waals surface area contributed by atoms with Crippen molar-refractivity contribution in [1.82, 2.24) is 10.0 Å². The van der Waals surface area contributed by atoms with Crippen LogP contribution in [0.5, 0.6) is 0 Å². The Morgan fingerprint density at radius 3 is 2.59 bits per heavy atom. The molecular weight excluding hydrogens is 256 g/mol. The highest BCUT2D eigenvalue weighted by molar-refractivity contribution is 7.90. The molecule has 98 valence electrons. The van der Waals surface area contributed by atoms with E-state index in [-0.39, 0.29) is 0 Å². The van der Waals surface area contributed by atoms with Gasteiger partial charge in [0.2, 0.25) is 10.0 Å². The minimum atomic E-state index is -3.24. The first-order chi connectivity index (χ1) is 7.92. The van der Waals surface area contributed by atoms with Gasteiger partial charge >= 0.3 is 0 Å². The van der Waals surface area contributed by atoms with E-state index < -0.39 is 15.3 Å². The second-order valence-corrected chi connectivity index (χ2v) is 7.53. The maximum absolute atomic E-state index is 11.9. The average molecular weight is 276 g/mol. The van der Waals surface area contributed by atoms with E-state index in [1.165, 1.54) is 0 Å². The minimum absolute atomic E-state index is 0.296. The predicted octanol–water partition coefficient (Wildman–Crippen LogP) is 1.55. The molecule has 0 aliphatic rings. The third-order valence-corrected chi connectivity index (χ3v) is 5.02. The summed E-state index contributed by atoms with van der Waals surface area (Å²) >= 11 is 1.55. The van der Waals surface area contributed by atoms with Gasteiger partial charge in [-0.3, -0.25) is 0 Å². The highest BCUT2D eigenvalue weighted by atomic mass is 32.2. The van der Waals surface area contributed by atoms with Crippen molar-refractivity contribution in [3.63, 3.8) is 0 Å². The Kier molecular flexibility index (Phi) is 5.58. The summed E-state index contributed by atoms with van der Waals surface area (Å²) in [5.74, 6) is 0. The third kappa shape index (κ3) is 5.16. The summed E-state index contributed by atoms with van der Waals surface area (Å²) in [6.45, 7) is 6.56. The van der Waals surface area contributed by atoms with Gasteiger partial charge in [-0.2, -0.15) is 0 Å². The highest BCUT2D eigenvalue weighted by Crippen LogP contribution is 2.09. The second-order valence-electron chi connectivity index (χ2n) is 4.32. The van der Waals surface area contributed by atoms with Crippen LogP contribution in [0.2, 0.25) is 0 Å². The van der Waals surface area contributed by atoms with Crippen molar-refractivity contribution in [2.45, 2.75) is 38.6 Å². The van der Waals surface area contributed by atoms with Crippen molar-refractivity contribution in [2.75, 3.05) is 6.54 Å². The summed E-state index contributed by atoms with van der Waals surface area (Å²) in [5.41, 5.74) is 0. The minimum Gasteiger partial charge on any atom is -0.313 e. The Morgan fingerprint density at radius 2 is 2.06 bits per heavy atom. The van der Waals surface area contributed by atoms with E-state index >= 15 is 0 Å². The molecule has 1 atom stereocenters. The van der Waals surface area contributed by atoms with Crippen molar-refractivity contribution in [3.8, 4) is 0 Å². The molecule has 0 saturated heterocycles. The van der Waals surface area contributed by atoms with Gasteiger partial charge in [-0.1, -0.05) is 19.9 Å². The van der Waals surface area contributed by atoms with Crippen LogP contribution in [0.3, 0.4) is 0 Å². The summed E-state index contributed by atoms with van der Waals surface area (Å²) < 4.78 is 26.4. The van der Waals surface area contributed by atoms with Crippen LogP contribution in [-0.2, 0) is 16.6 Å². The Balaban J connectivity index is 2.44. The fraction of sp³-hybridized carbons (Fsp3) is 0.636. The van der Waals surface area contributed by atoms with Crippen LogP contribution < -0.4 is 10.0 Å². The van der Waals surface area contributed by atoms with Gasteiger partial charge in [0, 0.05) is 24.0 Å². The summed E-state index contributed by atoms with van der Waals surface area (Å²) in [5, 5.41) is 4.64. The molecule has 2 N–H and O–H groups in total. The van der Waals surface area contributed by atoms with Crippen molar-refractivity contribution in [2.24, 2.45) is 0 Å².